The van der Waals surface area contributed by atoms with Crippen LogP contribution in [0.3, 0.4) is 0 Å². The van der Waals surface area contributed by atoms with Crippen LogP contribution in [0.15, 0.2) is 11.3 Å². The molecule has 102 valence electrons. The molecule has 1 aliphatic heterocycles. The highest BCUT2D eigenvalue weighted by atomic mass is 32.2. The Morgan fingerprint density at radius 3 is 2.72 bits per heavy atom. The van der Waals surface area contributed by atoms with Gasteiger partial charge in [-0.3, -0.25) is 5.01 Å². The Bertz CT molecular complexity index is 478. The van der Waals surface area contributed by atoms with Gasteiger partial charge < -0.3 is 9.84 Å². The Hall–Kier alpha value is -1.44. The van der Waals surface area contributed by atoms with E-state index in [2.05, 4.69) is 10.2 Å². The number of hydrogen-bond acceptors (Lipinski definition) is 6. The molecule has 8 heteroatoms. The molecule has 1 aliphatic carbocycles. The highest BCUT2D eigenvalue weighted by Gasteiger charge is 2.53. The second-order valence-corrected chi connectivity index (χ2v) is 6.41. The maximum absolute atomic E-state index is 12.0. The minimum atomic E-state index is -3.66. The van der Waals surface area contributed by atoms with Crippen molar-refractivity contribution >= 4 is 15.9 Å². The van der Waals surface area contributed by atoms with E-state index < -0.39 is 26.7 Å². The first-order valence-electron chi connectivity index (χ1n) is 5.80. The van der Waals surface area contributed by atoms with Crippen LogP contribution >= 0.6 is 0 Å². The van der Waals surface area contributed by atoms with E-state index >= 15 is 0 Å². The minimum absolute atomic E-state index is 0.150. The molecular weight excluding hydrogens is 260 g/mol. The van der Waals surface area contributed by atoms with Crippen LogP contribution in [0.4, 0.5) is 4.79 Å². The van der Waals surface area contributed by atoms with E-state index in [-0.39, 0.29) is 6.61 Å². The molecule has 0 aromatic carbocycles. The summed E-state index contributed by atoms with van der Waals surface area (Å²) >= 11 is 0. The second-order valence-electron chi connectivity index (χ2n) is 4.32. The van der Waals surface area contributed by atoms with E-state index in [0.717, 1.165) is 5.01 Å². The lowest BCUT2D eigenvalue weighted by atomic mass is 10.2. The molecule has 18 heavy (non-hydrogen) atoms. The molecule has 2 rings (SSSR count). The van der Waals surface area contributed by atoms with Gasteiger partial charge in [-0.05, 0) is 38.5 Å². The summed E-state index contributed by atoms with van der Waals surface area (Å²) in [6.07, 6.45) is 1.28. The van der Waals surface area contributed by atoms with Crippen molar-refractivity contribution in [3.8, 4) is 0 Å². The SMILES string of the molecule is CCOC(=O)NN1C([O-])=CS(=O)(=O)C12CCCC2. The smallest absolute Gasteiger partial charge is 0.426 e. The van der Waals surface area contributed by atoms with Crippen LogP contribution in [0.1, 0.15) is 32.6 Å². The summed E-state index contributed by atoms with van der Waals surface area (Å²) in [5, 5.41) is 13.3. The Kier molecular flexibility index (Phi) is 3.14. The molecule has 0 aromatic heterocycles. The van der Waals surface area contributed by atoms with Gasteiger partial charge in [0.1, 0.15) is 0 Å². The van der Waals surface area contributed by atoms with Gasteiger partial charge in [-0.1, -0.05) is 0 Å². The summed E-state index contributed by atoms with van der Waals surface area (Å²) in [7, 11) is -3.66. The van der Waals surface area contributed by atoms with Crippen molar-refractivity contribution in [1.82, 2.24) is 10.4 Å². The molecule has 0 saturated heterocycles. The number of rotatable bonds is 2. The van der Waals surface area contributed by atoms with Gasteiger partial charge in [0, 0.05) is 5.41 Å². The molecule has 1 fully saturated rings. The third-order valence-electron chi connectivity index (χ3n) is 3.28. The lowest BCUT2D eigenvalue weighted by Crippen LogP contribution is -2.56. The second kappa shape index (κ2) is 4.34. The standard InChI is InChI=1S/C10H16N2O5S/c1-2-17-9(14)11-12-8(13)7-18(15,16)10(12)5-3-4-6-10/h7,13H,2-6H2,1H3,(H,11,14)/p-1. The van der Waals surface area contributed by atoms with Crippen LogP contribution < -0.4 is 10.5 Å². The van der Waals surface area contributed by atoms with Crippen LogP contribution in [-0.4, -0.2) is 31.0 Å². The zero-order chi connectivity index (χ0) is 13.4. The molecule has 2 aliphatic rings. The van der Waals surface area contributed by atoms with Gasteiger partial charge in [0.05, 0.1) is 6.61 Å². The first kappa shape index (κ1) is 13.0. The number of sulfone groups is 1. The highest BCUT2D eigenvalue weighted by Crippen LogP contribution is 2.44. The largest absolute Gasteiger partial charge is 0.858 e. The first-order valence-corrected chi connectivity index (χ1v) is 7.34. The van der Waals surface area contributed by atoms with Crippen LogP contribution in [0, 0.1) is 0 Å². The molecule has 1 heterocycles. The Morgan fingerprint density at radius 1 is 1.56 bits per heavy atom. The quantitative estimate of drug-likeness (QED) is 0.749. The average molecular weight is 275 g/mol. The third-order valence-corrected chi connectivity index (χ3v) is 5.44. The van der Waals surface area contributed by atoms with Crippen molar-refractivity contribution < 1.29 is 23.1 Å². The Balaban J connectivity index is 2.28. The van der Waals surface area contributed by atoms with Gasteiger partial charge in [0.2, 0.25) is 0 Å². The molecule has 1 saturated carbocycles. The number of nitrogens with one attached hydrogen (secondary N) is 1. The zero-order valence-corrected chi connectivity index (χ0v) is 10.8. The molecule has 0 bridgehead atoms. The molecule has 7 nitrogen and oxygen atoms in total. The molecule has 1 amide bonds. The first-order chi connectivity index (χ1) is 8.43. The number of amides is 1. The van der Waals surface area contributed by atoms with Crippen molar-refractivity contribution in [2.45, 2.75) is 37.5 Å². The van der Waals surface area contributed by atoms with E-state index in [0.29, 0.717) is 31.1 Å². The van der Waals surface area contributed by atoms with E-state index in [1.807, 2.05) is 0 Å². The molecule has 0 radical (unpaired) electrons. The van der Waals surface area contributed by atoms with Crippen LogP contribution in [-0.2, 0) is 14.6 Å². The molecular formula is C10H15N2O5S-. The Labute approximate surface area is 105 Å². The summed E-state index contributed by atoms with van der Waals surface area (Å²) in [6.45, 7) is 1.77. The maximum Gasteiger partial charge on any atom is 0.426 e. The molecule has 0 aromatic rings. The molecule has 0 atom stereocenters. The summed E-state index contributed by atoms with van der Waals surface area (Å²) in [6, 6.07) is 0. The summed E-state index contributed by atoms with van der Waals surface area (Å²) in [5.41, 5.74) is 2.23. The summed E-state index contributed by atoms with van der Waals surface area (Å²) in [4.78, 5) is 10.1. The van der Waals surface area contributed by atoms with E-state index in [1.165, 1.54) is 0 Å². The fourth-order valence-electron chi connectivity index (χ4n) is 2.47. The maximum atomic E-state index is 12.0. The zero-order valence-electron chi connectivity index (χ0n) is 10.0. The summed E-state index contributed by atoms with van der Waals surface area (Å²) in [5.74, 6) is -0.718. The van der Waals surface area contributed by atoms with Gasteiger partial charge >= 0.3 is 6.09 Å². The fraction of sp³-hybridized carbons (Fsp3) is 0.700. The Morgan fingerprint density at radius 2 is 2.17 bits per heavy atom. The predicted octanol–water partition coefficient (Wildman–Crippen LogP) is -0.193. The van der Waals surface area contributed by atoms with Gasteiger partial charge in [-0.2, -0.15) is 0 Å². The van der Waals surface area contributed by atoms with E-state index in [4.69, 9.17) is 0 Å². The number of ether oxygens (including phenoxy) is 1. The lowest BCUT2D eigenvalue weighted by Gasteiger charge is -2.38. The number of carbonyl (C=O) groups is 1. The number of carbonyl (C=O) groups excluding carboxylic acids is 1. The lowest BCUT2D eigenvalue weighted by molar-refractivity contribution is -0.339. The van der Waals surface area contributed by atoms with Gasteiger partial charge in [0.25, 0.3) is 0 Å². The summed E-state index contributed by atoms with van der Waals surface area (Å²) < 4.78 is 28.7. The van der Waals surface area contributed by atoms with Crippen molar-refractivity contribution in [3.63, 3.8) is 0 Å². The van der Waals surface area contributed by atoms with Crippen molar-refractivity contribution in [1.29, 1.82) is 0 Å². The molecule has 1 spiro atoms. The topological polar surface area (TPSA) is 98.8 Å². The van der Waals surface area contributed by atoms with E-state index in [9.17, 15) is 18.3 Å². The number of hydrazine groups is 1. The normalized spacial score (nSPS) is 24.1. The van der Waals surface area contributed by atoms with Crippen LogP contribution in [0.2, 0.25) is 0 Å². The predicted molar refractivity (Wildman–Crippen MR) is 60.2 cm³/mol. The number of nitrogens with zero attached hydrogens (tertiary/aromatic N) is 1. The van der Waals surface area contributed by atoms with Gasteiger partial charge in [-0.25, -0.2) is 18.6 Å². The monoisotopic (exact) mass is 275 g/mol. The van der Waals surface area contributed by atoms with Crippen LogP contribution in [0.5, 0.6) is 0 Å². The molecule has 1 N–H and O–H groups in total. The van der Waals surface area contributed by atoms with Crippen molar-refractivity contribution in [2.75, 3.05) is 6.61 Å². The van der Waals surface area contributed by atoms with E-state index in [1.54, 1.807) is 6.92 Å². The molecule has 0 unspecified atom stereocenters. The van der Waals surface area contributed by atoms with Crippen molar-refractivity contribution in [2.24, 2.45) is 0 Å². The van der Waals surface area contributed by atoms with Gasteiger partial charge in [-0.15, -0.1) is 0 Å². The van der Waals surface area contributed by atoms with Gasteiger partial charge in [0.15, 0.2) is 14.7 Å². The minimum Gasteiger partial charge on any atom is -0.858 e. The van der Waals surface area contributed by atoms with Crippen LogP contribution in [0.25, 0.3) is 0 Å². The fourth-order valence-corrected chi connectivity index (χ4v) is 4.31. The highest BCUT2D eigenvalue weighted by molar-refractivity contribution is 7.95. The average Bonchev–Trinajstić information content (AvgIpc) is 2.81. The third kappa shape index (κ3) is 1.80. The van der Waals surface area contributed by atoms with Crippen molar-refractivity contribution in [3.05, 3.63) is 11.3 Å². The number of hydrogen-bond donors (Lipinski definition) is 1.